The van der Waals surface area contributed by atoms with Crippen molar-refractivity contribution >= 4 is 22.5 Å². The van der Waals surface area contributed by atoms with Gasteiger partial charge < -0.3 is 9.72 Å². The third-order valence-electron chi connectivity index (χ3n) is 4.71. The summed E-state index contributed by atoms with van der Waals surface area (Å²) < 4.78 is 5.29. The van der Waals surface area contributed by atoms with Crippen molar-refractivity contribution < 1.29 is 4.74 Å². The van der Waals surface area contributed by atoms with Crippen LogP contribution < -0.4 is 10.3 Å². The van der Waals surface area contributed by atoms with Crippen LogP contribution in [-0.4, -0.2) is 33.5 Å². The molecule has 0 unspecified atom stereocenters. The Morgan fingerprint density at radius 1 is 1.31 bits per heavy atom. The monoisotopic (exact) mass is 370 g/mol. The third kappa shape index (κ3) is 3.18. The van der Waals surface area contributed by atoms with E-state index < -0.39 is 0 Å². The zero-order valence-electron chi connectivity index (χ0n) is 14.7. The molecule has 3 heterocycles. The van der Waals surface area contributed by atoms with E-state index in [0.717, 1.165) is 46.4 Å². The van der Waals surface area contributed by atoms with Crippen molar-refractivity contribution in [2.75, 3.05) is 13.7 Å². The van der Waals surface area contributed by atoms with Crippen molar-refractivity contribution in [1.82, 2.24) is 19.9 Å². The largest absolute Gasteiger partial charge is 0.497 e. The summed E-state index contributed by atoms with van der Waals surface area (Å²) in [6.07, 6.45) is 0.756. The first-order valence-electron chi connectivity index (χ1n) is 8.47. The molecule has 0 aliphatic carbocycles. The van der Waals surface area contributed by atoms with Gasteiger partial charge in [-0.1, -0.05) is 11.6 Å². The van der Waals surface area contributed by atoms with Gasteiger partial charge in [-0.05, 0) is 31.2 Å². The van der Waals surface area contributed by atoms with Crippen LogP contribution in [0.2, 0.25) is 5.15 Å². The fraction of sp³-hybridized carbons (Fsp3) is 0.316. The Bertz CT molecular complexity index is 1050. The van der Waals surface area contributed by atoms with E-state index >= 15 is 0 Å². The normalized spacial score (nSPS) is 14.4. The summed E-state index contributed by atoms with van der Waals surface area (Å²) in [5.41, 5.74) is 3.36. The molecule has 0 radical (unpaired) electrons. The molecule has 7 heteroatoms. The van der Waals surface area contributed by atoms with Crippen LogP contribution in [0.1, 0.15) is 22.6 Å². The molecule has 1 aliphatic rings. The maximum atomic E-state index is 12.2. The molecule has 0 amide bonds. The van der Waals surface area contributed by atoms with Crippen LogP contribution in [0.25, 0.3) is 10.9 Å². The van der Waals surface area contributed by atoms with Crippen LogP contribution in [0.4, 0.5) is 0 Å². The Morgan fingerprint density at radius 3 is 2.96 bits per heavy atom. The lowest BCUT2D eigenvalue weighted by molar-refractivity contribution is 0.241. The van der Waals surface area contributed by atoms with Gasteiger partial charge in [0.05, 0.1) is 23.9 Å². The minimum absolute atomic E-state index is 0.0512. The van der Waals surface area contributed by atoms with E-state index in [4.69, 9.17) is 16.3 Å². The van der Waals surface area contributed by atoms with E-state index in [0.29, 0.717) is 24.1 Å². The smallest absolute Gasteiger partial charge is 0.255 e. The number of rotatable bonds is 3. The Morgan fingerprint density at radius 2 is 2.15 bits per heavy atom. The number of hydrogen-bond donors (Lipinski definition) is 1. The number of nitrogens with zero attached hydrogens (tertiary/aromatic N) is 3. The van der Waals surface area contributed by atoms with E-state index in [1.165, 1.54) is 0 Å². The Kier molecular flexibility index (Phi) is 4.38. The van der Waals surface area contributed by atoms with Gasteiger partial charge in [-0.25, -0.2) is 9.97 Å². The summed E-state index contributed by atoms with van der Waals surface area (Å²) in [6, 6.07) is 7.76. The number of hydrogen-bond acceptors (Lipinski definition) is 5. The first kappa shape index (κ1) is 17.0. The quantitative estimate of drug-likeness (QED) is 0.718. The molecule has 4 rings (SSSR count). The molecule has 0 saturated carbocycles. The second-order valence-electron chi connectivity index (χ2n) is 6.53. The Labute approximate surface area is 155 Å². The zero-order chi connectivity index (χ0) is 18.3. The fourth-order valence-electron chi connectivity index (χ4n) is 3.39. The molecule has 6 nitrogen and oxygen atoms in total. The van der Waals surface area contributed by atoms with Crippen molar-refractivity contribution in [2.24, 2.45) is 0 Å². The minimum atomic E-state index is -0.0512. The number of methoxy groups -OCH3 is 1. The van der Waals surface area contributed by atoms with Crippen molar-refractivity contribution in [1.29, 1.82) is 0 Å². The standard InChI is InChI=1S/C19H19ClN4O2/c1-11-21-17-5-6-24(10-15(17)19(25)22-11)9-13-7-12-8-14(26-2)3-4-16(12)23-18(13)20/h3-4,7-8H,5-6,9-10H2,1-2H3,(H,21,22,25). The summed E-state index contributed by atoms with van der Waals surface area (Å²) in [4.78, 5) is 26.2. The number of ether oxygens (including phenoxy) is 1. The lowest BCUT2D eigenvalue weighted by Crippen LogP contribution is -2.35. The molecule has 26 heavy (non-hydrogen) atoms. The number of aryl methyl sites for hydroxylation is 1. The first-order chi connectivity index (χ1) is 12.5. The minimum Gasteiger partial charge on any atom is -0.497 e. The molecule has 0 saturated heterocycles. The molecule has 3 aromatic rings. The third-order valence-corrected chi connectivity index (χ3v) is 5.04. The lowest BCUT2D eigenvalue weighted by atomic mass is 10.1. The summed E-state index contributed by atoms with van der Waals surface area (Å²) in [6.45, 7) is 3.83. The number of aromatic amines is 1. The molecule has 1 aromatic carbocycles. The maximum absolute atomic E-state index is 12.2. The van der Waals surface area contributed by atoms with Gasteiger partial charge in [0.25, 0.3) is 5.56 Å². The average molecular weight is 371 g/mol. The Hall–Kier alpha value is -2.44. The summed E-state index contributed by atoms with van der Waals surface area (Å²) in [5, 5.41) is 1.47. The predicted octanol–water partition coefficient (Wildman–Crippen LogP) is 2.85. The Balaban J connectivity index is 1.63. The highest BCUT2D eigenvalue weighted by molar-refractivity contribution is 6.30. The van der Waals surface area contributed by atoms with Gasteiger partial charge >= 0.3 is 0 Å². The van der Waals surface area contributed by atoms with Gasteiger partial charge in [-0.15, -0.1) is 0 Å². The molecule has 0 bridgehead atoms. The molecular formula is C19H19ClN4O2. The second-order valence-corrected chi connectivity index (χ2v) is 6.89. The SMILES string of the molecule is COc1ccc2nc(Cl)c(CN3CCc4nc(C)[nH]c(=O)c4C3)cc2c1. The van der Waals surface area contributed by atoms with Crippen molar-refractivity contribution in [3.05, 3.63) is 62.4 Å². The number of nitrogens with one attached hydrogen (secondary N) is 1. The van der Waals surface area contributed by atoms with Crippen molar-refractivity contribution in [3.8, 4) is 5.75 Å². The number of H-pyrrole nitrogens is 1. The highest BCUT2D eigenvalue weighted by Crippen LogP contribution is 2.26. The van der Waals surface area contributed by atoms with Crippen LogP contribution in [-0.2, 0) is 19.5 Å². The molecule has 0 fully saturated rings. The van der Waals surface area contributed by atoms with Gasteiger partial charge in [-0.2, -0.15) is 0 Å². The van der Waals surface area contributed by atoms with Gasteiger partial charge in [0.1, 0.15) is 16.7 Å². The highest BCUT2D eigenvalue weighted by atomic mass is 35.5. The second kappa shape index (κ2) is 6.70. The maximum Gasteiger partial charge on any atom is 0.255 e. The summed E-state index contributed by atoms with van der Waals surface area (Å²) in [5.74, 6) is 1.45. The van der Waals surface area contributed by atoms with Crippen LogP contribution in [0, 0.1) is 6.92 Å². The molecule has 2 aromatic heterocycles. The van der Waals surface area contributed by atoms with Crippen LogP contribution in [0.3, 0.4) is 0 Å². The van der Waals surface area contributed by atoms with Crippen molar-refractivity contribution in [2.45, 2.75) is 26.4 Å². The fourth-order valence-corrected chi connectivity index (χ4v) is 3.60. The molecule has 0 atom stereocenters. The number of aromatic nitrogens is 3. The van der Waals surface area contributed by atoms with E-state index in [-0.39, 0.29) is 5.56 Å². The van der Waals surface area contributed by atoms with Gasteiger partial charge in [0.2, 0.25) is 0 Å². The summed E-state index contributed by atoms with van der Waals surface area (Å²) >= 11 is 6.40. The van der Waals surface area contributed by atoms with Crippen LogP contribution >= 0.6 is 11.6 Å². The number of benzene rings is 1. The number of fused-ring (bicyclic) bond motifs is 2. The predicted molar refractivity (Wildman–Crippen MR) is 101 cm³/mol. The van der Waals surface area contributed by atoms with Crippen LogP contribution in [0.5, 0.6) is 5.75 Å². The van der Waals surface area contributed by atoms with Gasteiger partial charge in [-0.3, -0.25) is 9.69 Å². The zero-order valence-corrected chi connectivity index (χ0v) is 15.4. The van der Waals surface area contributed by atoms with E-state index in [9.17, 15) is 4.79 Å². The summed E-state index contributed by atoms with van der Waals surface area (Å²) in [7, 11) is 1.64. The van der Waals surface area contributed by atoms with Crippen LogP contribution in [0.15, 0.2) is 29.1 Å². The van der Waals surface area contributed by atoms with Crippen molar-refractivity contribution in [3.63, 3.8) is 0 Å². The highest BCUT2D eigenvalue weighted by Gasteiger charge is 2.21. The molecule has 134 valence electrons. The topological polar surface area (TPSA) is 71.1 Å². The van der Waals surface area contributed by atoms with E-state index in [2.05, 4.69) is 19.9 Å². The molecule has 0 spiro atoms. The van der Waals surface area contributed by atoms with Gasteiger partial charge in [0, 0.05) is 37.0 Å². The number of pyridine rings is 1. The molecular weight excluding hydrogens is 352 g/mol. The van der Waals surface area contributed by atoms with E-state index in [1.807, 2.05) is 31.2 Å². The van der Waals surface area contributed by atoms with E-state index in [1.54, 1.807) is 7.11 Å². The van der Waals surface area contributed by atoms with Gasteiger partial charge in [0.15, 0.2) is 0 Å². The average Bonchev–Trinajstić information content (AvgIpc) is 2.62. The first-order valence-corrected chi connectivity index (χ1v) is 8.85. The number of halogens is 1. The molecule has 1 aliphatic heterocycles. The lowest BCUT2D eigenvalue weighted by Gasteiger charge is -2.27. The molecule has 1 N–H and O–H groups in total.